The van der Waals surface area contributed by atoms with Crippen LogP contribution in [0.4, 0.5) is 5.00 Å². The number of hydrogen-bond acceptors (Lipinski definition) is 6. The Kier molecular flexibility index (Phi) is 15.3. The summed E-state index contributed by atoms with van der Waals surface area (Å²) in [6.07, 6.45) is 5.10. The van der Waals surface area contributed by atoms with E-state index in [1.807, 2.05) is 38.1 Å². The lowest BCUT2D eigenvalue weighted by atomic mass is 9.91. The highest BCUT2D eigenvalue weighted by Gasteiger charge is 2.26. The van der Waals surface area contributed by atoms with Gasteiger partial charge >= 0.3 is 0 Å². The number of carbonyl (C=O) groups excluding carboxylic acids is 3. The minimum absolute atomic E-state index is 0.121. The van der Waals surface area contributed by atoms with Crippen molar-refractivity contribution < 1.29 is 14.4 Å². The van der Waals surface area contributed by atoms with Gasteiger partial charge in [-0.15, -0.1) is 11.3 Å². The number of anilines is 1. The fourth-order valence-corrected chi connectivity index (χ4v) is 4.68. The van der Waals surface area contributed by atoms with Crippen molar-refractivity contribution in [3.63, 3.8) is 0 Å². The summed E-state index contributed by atoms with van der Waals surface area (Å²) in [5.41, 5.74) is 2.81. The third kappa shape index (κ3) is 11.0. The maximum Gasteiger partial charge on any atom is 0.221 e. The first-order valence-electron chi connectivity index (χ1n) is 12.5. The molecule has 9 heteroatoms. The van der Waals surface area contributed by atoms with Crippen LogP contribution >= 0.6 is 22.9 Å². The molecule has 1 amide bonds. The van der Waals surface area contributed by atoms with E-state index in [4.69, 9.17) is 11.6 Å². The second-order valence-corrected chi connectivity index (χ2v) is 9.85. The first-order chi connectivity index (χ1) is 17.8. The van der Waals surface area contributed by atoms with Crippen LogP contribution in [0.5, 0.6) is 0 Å². The maximum absolute atomic E-state index is 11.6. The Bertz CT molecular complexity index is 1060. The summed E-state index contributed by atoms with van der Waals surface area (Å²) in [7, 11) is 3.82. The van der Waals surface area contributed by atoms with Crippen molar-refractivity contribution in [2.24, 2.45) is 10.9 Å². The van der Waals surface area contributed by atoms with Gasteiger partial charge < -0.3 is 15.5 Å². The number of hydrogen-bond donors (Lipinski definition) is 2. The van der Waals surface area contributed by atoms with Crippen LogP contribution in [0.1, 0.15) is 62.2 Å². The number of benzene rings is 1. The molecule has 1 aliphatic heterocycles. The first kappa shape index (κ1) is 32.2. The molecule has 1 aromatic heterocycles. The van der Waals surface area contributed by atoms with E-state index >= 15 is 0 Å². The molecule has 0 spiro atoms. The summed E-state index contributed by atoms with van der Waals surface area (Å²) in [6.45, 7) is 9.25. The van der Waals surface area contributed by atoms with Gasteiger partial charge in [0.2, 0.25) is 5.91 Å². The van der Waals surface area contributed by atoms with Crippen LogP contribution in [0, 0.1) is 5.92 Å². The average Bonchev–Trinajstić information content (AvgIpc) is 3.35. The number of thiophene rings is 1. The predicted molar refractivity (Wildman–Crippen MR) is 156 cm³/mol. The van der Waals surface area contributed by atoms with Crippen molar-refractivity contribution in [2.45, 2.75) is 47.0 Å². The highest BCUT2D eigenvalue weighted by molar-refractivity contribution is 7.17. The topological polar surface area (TPSA) is 90.9 Å². The van der Waals surface area contributed by atoms with E-state index in [1.165, 1.54) is 18.3 Å². The number of aliphatic imine (C=N–C) groups is 1. The van der Waals surface area contributed by atoms with Crippen molar-refractivity contribution >= 4 is 52.3 Å². The molecule has 0 saturated carbocycles. The van der Waals surface area contributed by atoms with Crippen molar-refractivity contribution in [3.8, 4) is 0 Å². The van der Waals surface area contributed by atoms with Gasteiger partial charge in [0.1, 0.15) is 12.1 Å². The summed E-state index contributed by atoms with van der Waals surface area (Å²) in [5, 5.41) is 7.44. The van der Waals surface area contributed by atoms with Crippen LogP contribution in [-0.2, 0) is 9.59 Å². The molecular weight excluding hydrogens is 508 g/mol. The predicted octanol–water partition coefficient (Wildman–Crippen LogP) is 6.06. The standard InChI is InChI=1S/C19H26ClN3O.C7H7NO2S.C2H6/c1-4-5-6-15-11-23(3)12-16(13-24)18(15)22-19(21-2)14-7-9-17(20)10-8-14;1-5(10)8-7-3-2-6(4-9)11-7;1-2/h7-10,13,15H,4-6,11-12H2,1-3H3,(H,21,22);2-4H,1H3,(H,8,10);1-2H3. The molecule has 1 aliphatic rings. The zero-order chi connectivity index (χ0) is 27.8. The highest BCUT2D eigenvalue weighted by atomic mass is 35.5. The summed E-state index contributed by atoms with van der Waals surface area (Å²) in [5.74, 6) is 0.976. The number of carbonyl (C=O) groups is 3. The third-order valence-corrected chi connectivity index (χ3v) is 6.59. The highest BCUT2D eigenvalue weighted by Crippen LogP contribution is 2.25. The van der Waals surface area contributed by atoms with E-state index in [9.17, 15) is 14.4 Å². The number of nitrogens with zero attached hydrogens (tertiary/aromatic N) is 2. The molecule has 2 N–H and O–H groups in total. The number of halogens is 1. The molecule has 0 bridgehead atoms. The quantitative estimate of drug-likeness (QED) is 0.239. The van der Waals surface area contributed by atoms with Gasteiger partial charge in [-0.25, -0.2) is 0 Å². The smallest absolute Gasteiger partial charge is 0.221 e. The van der Waals surface area contributed by atoms with Crippen LogP contribution in [0.2, 0.25) is 5.02 Å². The van der Waals surface area contributed by atoms with E-state index < -0.39 is 0 Å². The van der Waals surface area contributed by atoms with Gasteiger partial charge in [0.25, 0.3) is 0 Å². The molecule has 0 radical (unpaired) electrons. The normalized spacial score (nSPS) is 15.5. The van der Waals surface area contributed by atoms with E-state index in [1.54, 1.807) is 19.2 Å². The first-order valence-corrected chi connectivity index (χ1v) is 13.7. The van der Waals surface area contributed by atoms with Crippen molar-refractivity contribution in [3.05, 3.63) is 63.1 Å². The van der Waals surface area contributed by atoms with Gasteiger partial charge in [-0.3, -0.25) is 19.4 Å². The number of amides is 1. The maximum atomic E-state index is 11.6. The zero-order valence-electron chi connectivity index (χ0n) is 22.6. The monoisotopic (exact) mass is 546 g/mol. The molecule has 3 rings (SSSR count). The fraction of sp³-hybridized carbons (Fsp3) is 0.429. The minimum atomic E-state index is -0.121. The van der Waals surface area contributed by atoms with Gasteiger partial charge in [0, 0.05) is 54.8 Å². The molecule has 0 saturated heterocycles. The number of unbranched alkanes of at least 4 members (excludes halogenated alkanes) is 1. The van der Waals surface area contributed by atoms with Crippen LogP contribution in [0.25, 0.3) is 0 Å². The minimum Gasteiger partial charge on any atom is -0.343 e. The lowest BCUT2D eigenvalue weighted by molar-refractivity contribution is -0.114. The third-order valence-electron chi connectivity index (χ3n) is 5.41. The van der Waals surface area contributed by atoms with Crippen molar-refractivity contribution in [2.75, 3.05) is 32.5 Å². The van der Waals surface area contributed by atoms with E-state index in [0.717, 1.165) is 61.0 Å². The lowest BCUT2D eigenvalue weighted by Gasteiger charge is -2.33. The molecule has 0 fully saturated rings. The Hall–Kier alpha value is -2.81. The Morgan fingerprint density at radius 2 is 1.81 bits per heavy atom. The van der Waals surface area contributed by atoms with Crippen molar-refractivity contribution in [1.82, 2.24) is 10.2 Å². The number of likely N-dealkylation sites (N-methyl/N-ethyl adjacent to an activating group) is 1. The number of aldehydes is 2. The number of amidine groups is 1. The largest absolute Gasteiger partial charge is 0.343 e. The Labute approximate surface area is 230 Å². The van der Waals surface area contributed by atoms with Gasteiger partial charge in [-0.1, -0.05) is 45.2 Å². The SMILES string of the molecule is CC.CC(=O)Nc1ccc(C=O)s1.CCCCC1CN(C)CC(C=O)=C1NC(=NC)c1ccc(Cl)cc1. The van der Waals surface area contributed by atoms with E-state index in [-0.39, 0.29) is 5.91 Å². The van der Waals surface area contributed by atoms with Crippen LogP contribution < -0.4 is 10.6 Å². The van der Waals surface area contributed by atoms with E-state index in [0.29, 0.717) is 27.4 Å². The average molecular weight is 547 g/mol. The molecule has 2 heterocycles. The molecular formula is C28H39ClN4O3S. The summed E-state index contributed by atoms with van der Waals surface area (Å²) < 4.78 is 0. The summed E-state index contributed by atoms with van der Waals surface area (Å²) in [4.78, 5) is 39.5. The molecule has 37 heavy (non-hydrogen) atoms. The molecule has 1 aromatic carbocycles. The molecule has 2 aromatic rings. The Morgan fingerprint density at radius 1 is 1.14 bits per heavy atom. The van der Waals surface area contributed by atoms with Gasteiger partial charge in [-0.05, 0) is 49.9 Å². The number of nitrogens with one attached hydrogen (secondary N) is 2. The summed E-state index contributed by atoms with van der Waals surface area (Å²) >= 11 is 7.23. The van der Waals surface area contributed by atoms with Crippen LogP contribution in [-0.4, -0.2) is 56.4 Å². The van der Waals surface area contributed by atoms with Crippen molar-refractivity contribution in [1.29, 1.82) is 0 Å². The molecule has 202 valence electrons. The second kappa shape index (κ2) is 17.6. The zero-order valence-corrected chi connectivity index (χ0v) is 24.2. The molecule has 1 atom stereocenters. The second-order valence-electron chi connectivity index (χ2n) is 8.30. The molecule has 1 unspecified atom stereocenters. The van der Waals surface area contributed by atoms with Gasteiger partial charge in [0.15, 0.2) is 6.29 Å². The van der Waals surface area contributed by atoms with Gasteiger partial charge in [-0.2, -0.15) is 0 Å². The van der Waals surface area contributed by atoms with Gasteiger partial charge in [0.05, 0.1) is 9.88 Å². The summed E-state index contributed by atoms with van der Waals surface area (Å²) in [6, 6.07) is 11.0. The van der Waals surface area contributed by atoms with E-state index in [2.05, 4.69) is 34.5 Å². The fourth-order valence-electron chi connectivity index (χ4n) is 3.79. The number of rotatable bonds is 8. The van der Waals surface area contributed by atoms with Crippen LogP contribution in [0.3, 0.4) is 0 Å². The molecule has 7 nitrogen and oxygen atoms in total. The molecule has 0 aliphatic carbocycles. The Balaban J connectivity index is 0.000000439. The van der Waals surface area contributed by atoms with Crippen LogP contribution in [0.15, 0.2) is 52.7 Å². The lowest BCUT2D eigenvalue weighted by Crippen LogP contribution is -2.41. The Morgan fingerprint density at radius 3 is 2.32 bits per heavy atom.